The van der Waals surface area contributed by atoms with Gasteiger partial charge in [-0.3, -0.25) is 9.10 Å². The van der Waals surface area contributed by atoms with Gasteiger partial charge < -0.3 is 5.11 Å². The molecular weight excluding hydrogens is 373 g/mol. The van der Waals surface area contributed by atoms with Crippen LogP contribution in [-0.4, -0.2) is 26.0 Å². The van der Waals surface area contributed by atoms with Gasteiger partial charge in [-0.1, -0.05) is 41.4 Å². The summed E-state index contributed by atoms with van der Waals surface area (Å²) in [6.45, 7) is 0.0154. The van der Waals surface area contributed by atoms with Crippen molar-refractivity contribution in [3.05, 3.63) is 58.6 Å². The molecular formula is C16H15Cl2NO4S. The van der Waals surface area contributed by atoms with E-state index in [-0.39, 0.29) is 34.3 Å². The second-order valence-electron chi connectivity index (χ2n) is 4.98. The van der Waals surface area contributed by atoms with Crippen molar-refractivity contribution in [2.24, 2.45) is 0 Å². The van der Waals surface area contributed by atoms with E-state index in [1.54, 1.807) is 30.3 Å². The van der Waals surface area contributed by atoms with Crippen LogP contribution in [0.2, 0.25) is 10.0 Å². The number of halogens is 2. The standard InChI is InChI=1S/C16H15Cl2NO4S/c17-12-8-9-14(18)15(11-12)24(22,23)19(10-4-7-16(20)21)13-5-2-1-3-6-13/h1-3,5-6,8-9,11H,4,7,10H2,(H,20,21). The molecule has 0 atom stereocenters. The number of rotatable bonds is 7. The van der Waals surface area contributed by atoms with Gasteiger partial charge in [0.05, 0.1) is 10.7 Å². The lowest BCUT2D eigenvalue weighted by atomic mass is 10.3. The number of hydrogen-bond acceptors (Lipinski definition) is 3. The number of para-hydroxylation sites is 1. The van der Waals surface area contributed by atoms with Gasteiger partial charge in [0.1, 0.15) is 4.90 Å². The van der Waals surface area contributed by atoms with Crippen LogP contribution in [-0.2, 0) is 14.8 Å². The van der Waals surface area contributed by atoms with Crippen molar-refractivity contribution in [3.63, 3.8) is 0 Å². The SMILES string of the molecule is O=C(O)CCCN(c1ccccc1)S(=O)(=O)c1cc(Cl)ccc1Cl. The third-order valence-electron chi connectivity index (χ3n) is 3.26. The smallest absolute Gasteiger partial charge is 0.303 e. The number of nitrogens with zero attached hydrogens (tertiary/aromatic N) is 1. The third kappa shape index (κ3) is 4.41. The quantitative estimate of drug-likeness (QED) is 0.777. The first-order valence-electron chi connectivity index (χ1n) is 7.07. The second kappa shape index (κ2) is 7.88. The molecule has 2 rings (SSSR count). The molecule has 0 radical (unpaired) electrons. The molecule has 0 spiro atoms. The van der Waals surface area contributed by atoms with E-state index < -0.39 is 16.0 Å². The molecule has 0 heterocycles. The normalized spacial score (nSPS) is 11.2. The van der Waals surface area contributed by atoms with Crippen LogP contribution in [0.1, 0.15) is 12.8 Å². The number of carboxylic acid groups (broad SMARTS) is 1. The summed E-state index contributed by atoms with van der Waals surface area (Å²) in [5.74, 6) is -0.985. The first-order chi connectivity index (χ1) is 11.3. The molecule has 0 amide bonds. The topological polar surface area (TPSA) is 74.7 Å². The Bertz CT molecular complexity index is 825. The second-order valence-corrected chi connectivity index (χ2v) is 7.66. The number of hydrogen-bond donors (Lipinski definition) is 1. The Labute approximate surface area is 150 Å². The summed E-state index contributed by atoms with van der Waals surface area (Å²) in [4.78, 5) is 10.6. The van der Waals surface area contributed by atoms with Crippen molar-refractivity contribution < 1.29 is 18.3 Å². The van der Waals surface area contributed by atoms with E-state index in [9.17, 15) is 13.2 Å². The van der Waals surface area contributed by atoms with Gasteiger partial charge in [-0.15, -0.1) is 0 Å². The number of aliphatic carboxylic acids is 1. The minimum Gasteiger partial charge on any atom is -0.481 e. The molecule has 0 aliphatic heterocycles. The van der Waals surface area contributed by atoms with E-state index in [2.05, 4.69) is 0 Å². The Hall–Kier alpha value is -1.76. The largest absolute Gasteiger partial charge is 0.481 e. The predicted molar refractivity (Wildman–Crippen MR) is 94.3 cm³/mol. The molecule has 24 heavy (non-hydrogen) atoms. The van der Waals surface area contributed by atoms with E-state index in [0.717, 1.165) is 4.31 Å². The number of carbonyl (C=O) groups is 1. The monoisotopic (exact) mass is 387 g/mol. The summed E-state index contributed by atoms with van der Waals surface area (Å²) in [5.41, 5.74) is 0.430. The van der Waals surface area contributed by atoms with Gasteiger partial charge in [0.2, 0.25) is 0 Å². The summed E-state index contributed by atoms with van der Waals surface area (Å²) in [6, 6.07) is 12.6. The molecule has 0 aromatic heterocycles. The summed E-state index contributed by atoms with van der Waals surface area (Å²) in [7, 11) is -3.98. The van der Waals surface area contributed by atoms with Crippen LogP contribution in [0.3, 0.4) is 0 Å². The van der Waals surface area contributed by atoms with Crippen LogP contribution in [0.5, 0.6) is 0 Å². The number of benzene rings is 2. The molecule has 5 nitrogen and oxygen atoms in total. The number of sulfonamides is 1. The lowest BCUT2D eigenvalue weighted by Gasteiger charge is -2.25. The van der Waals surface area contributed by atoms with Crippen molar-refractivity contribution in [1.29, 1.82) is 0 Å². The molecule has 128 valence electrons. The predicted octanol–water partition coefficient (Wildman–Crippen LogP) is 4.05. The van der Waals surface area contributed by atoms with Gasteiger partial charge in [0.25, 0.3) is 10.0 Å². The van der Waals surface area contributed by atoms with Crippen molar-refractivity contribution in [2.75, 3.05) is 10.8 Å². The number of anilines is 1. The fourth-order valence-electron chi connectivity index (χ4n) is 2.15. The Morgan fingerprint density at radius 1 is 1.08 bits per heavy atom. The van der Waals surface area contributed by atoms with Crippen molar-refractivity contribution >= 4 is 44.9 Å². The zero-order chi connectivity index (χ0) is 17.7. The van der Waals surface area contributed by atoms with Crippen LogP contribution in [0.15, 0.2) is 53.4 Å². The molecule has 2 aromatic rings. The Morgan fingerprint density at radius 2 is 1.75 bits per heavy atom. The van der Waals surface area contributed by atoms with Crippen molar-refractivity contribution in [1.82, 2.24) is 0 Å². The maximum atomic E-state index is 13.0. The minimum atomic E-state index is -3.98. The highest BCUT2D eigenvalue weighted by atomic mass is 35.5. The molecule has 8 heteroatoms. The van der Waals surface area contributed by atoms with Gasteiger partial charge in [-0.2, -0.15) is 0 Å². The molecule has 0 unspecified atom stereocenters. The van der Waals surface area contributed by atoms with Gasteiger partial charge in [0.15, 0.2) is 0 Å². The highest BCUT2D eigenvalue weighted by Crippen LogP contribution is 2.30. The zero-order valence-electron chi connectivity index (χ0n) is 12.5. The van der Waals surface area contributed by atoms with E-state index >= 15 is 0 Å². The van der Waals surface area contributed by atoms with Crippen LogP contribution < -0.4 is 4.31 Å². The van der Waals surface area contributed by atoms with Crippen LogP contribution in [0.25, 0.3) is 0 Å². The van der Waals surface area contributed by atoms with Crippen LogP contribution >= 0.6 is 23.2 Å². The first-order valence-corrected chi connectivity index (χ1v) is 9.26. The lowest BCUT2D eigenvalue weighted by Crippen LogP contribution is -2.32. The summed E-state index contributed by atoms with van der Waals surface area (Å²) >= 11 is 11.9. The minimum absolute atomic E-state index is 0.0154. The average molecular weight is 388 g/mol. The molecule has 0 aliphatic rings. The van der Waals surface area contributed by atoms with Gasteiger partial charge in [-0.25, -0.2) is 8.42 Å². The molecule has 0 aliphatic carbocycles. The molecule has 0 saturated heterocycles. The van der Waals surface area contributed by atoms with E-state index in [1.807, 2.05) is 0 Å². The summed E-state index contributed by atoms with van der Waals surface area (Å²) in [5, 5.41) is 9.09. The lowest BCUT2D eigenvalue weighted by molar-refractivity contribution is -0.137. The fourth-order valence-corrected chi connectivity index (χ4v) is 4.39. The van der Waals surface area contributed by atoms with Gasteiger partial charge in [0, 0.05) is 18.0 Å². The zero-order valence-corrected chi connectivity index (χ0v) is 14.9. The molecule has 1 N–H and O–H groups in total. The van der Waals surface area contributed by atoms with Crippen LogP contribution in [0.4, 0.5) is 5.69 Å². The van der Waals surface area contributed by atoms with Gasteiger partial charge in [-0.05, 0) is 36.8 Å². The third-order valence-corrected chi connectivity index (χ3v) is 5.80. The Morgan fingerprint density at radius 3 is 2.38 bits per heavy atom. The van der Waals surface area contributed by atoms with E-state index in [4.69, 9.17) is 28.3 Å². The van der Waals surface area contributed by atoms with E-state index in [0.29, 0.717) is 5.69 Å². The molecule has 0 saturated carbocycles. The van der Waals surface area contributed by atoms with Crippen molar-refractivity contribution in [3.8, 4) is 0 Å². The molecule has 2 aromatic carbocycles. The first kappa shape index (κ1) is 18.6. The van der Waals surface area contributed by atoms with Gasteiger partial charge >= 0.3 is 5.97 Å². The average Bonchev–Trinajstić information content (AvgIpc) is 2.54. The van der Waals surface area contributed by atoms with E-state index in [1.165, 1.54) is 18.2 Å². The Kier molecular flexibility index (Phi) is 6.10. The van der Waals surface area contributed by atoms with Crippen LogP contribution in [0, 0.1) is 0 Å². The summed E-state index contributed by atoms with van der Waals surface area (Å²) in [6.07, 6.45) is 0.0315. The summed E-state index contributed by atoms with van der Waals surface area (Å²) < 4.78 is 27.2. The maximum Gasteiger partial charge on any atom is 0.303 e. The molecule has 0 fully saturated rings. The highest BCUT2D eigenvalue weighted by Gasteiger charge is 2.27. The number of carboxylic acids is 1. The maximum absolute atomic E-state index is 13.0. The Balaban J connectivity index is 2.44. The van der Waals surface area contributed by atoms with Crippen molar-refractivity contribution in [2.45, 2.75) is 17.7 Å². The molecule has 0 bridgehead atoms. The fraction of sp³-hybridized carbons (Fsp3) is 0.188. The highest BCUT2D eigenvalue weighted by molar-refractivity contribution is 7.93.